The Hall–Kier alpha value is -1.03. The summed E-state index contributed by atoms with van der Waals surface area (Å²) < 4.78 is 1.58. The molecule has 1 amide bonds. The smallest absolute Gasteiger partial charge is 0.254 e. The zero-order valence-electron chi connectivity index (χ0n) is 6.75. The topological polar surface area (TPSA) is 46.9 Å². The van der Waals surface area contributed by atoms with Crippen LogP contribution >= 0.6 is 11.6 Å². The lowest BCUT2D eigenvalue weighted by Crippen LogP contribution is -2.24. The first kappa shape index (κ1) is 9.06. The van der Waals surface area contributed by atoms with Crippen molar-refractivity contribution in [1.29, 1.82) is 0 Å². The molecule has 0 saturated carbocycles. The first-order valence-corrected chi connectivity index (χ1v) is 4.10. The summed E-state index contributed by atoms with van der Waals surface area (Å²) in [6.07, 6.45) is 3.17. The third-order valence-electron chi connectivity index (χ3n) is 1.35. The predicted octanol–water partition coefficient (Wildman–Crippen LogP) is 0.389. The van der Waals surface area contributed by atoms with Crippen LogP contribution in [0.1, 0.15) is 10.4 Å². The fraction of sp³-hybridized carbons (Fsp3) is 0.429. The van der Waals surface area contributed by atoms with E-state index in [2.05, 4.69) is 10.4 Å². The maximum atomic E-state index is 11.2. The second-order valence-corrected chi connectivity index (χ2v) is 2.73. The molecule has 1 heterocycles. The Bertz CT molecular complexity index is 271. The fourth-order valence-corrected chi connectivity index (χ4v) is 0.896. The molecule has 0 spiro atoms. The number of nitrogens with one attached hydrogen (secondary N) is 1. The van der Waals surface area contributed by atoms with Crippen molar-refractivity contribution in [2.45, 2.75) is 0 Å². The van der Waals surface area contributed by atoms with Gasteiger partial charge in [-0.1, -0.05) is 0 Å². The van der Waals surface area contributed by atoms with Crippen molar-refractivity contribution in [2.24, 2.45) is 7.05 Å². The monoisotopic (exact) mass is 187 g/mol. The lowest BCUT2D eigenvalue weighted by Gasteiger charge is -1.97. The van der Waals surface area contributed by atoms with Crippen LogP contribution in [-0.4, -0.2) is 28.1 Å². The van der Waals surface area contributed by atoms with E-state index in [-0.39, 0.29) is 5.91 Å². The number of halogens is 1. The van der Waals surface area contributed by atoms with Crippen molar-refractivity contribution < 1.29 is 4.79 Å². The summed E-state index contributed by atoms with van der Waals surface area (Å²) in [5, 5.41) is 6.51. The van der Waals surface area contributed by atoms with E-state index in [1.54, 1.807) is 17.9 Å². The van der Waals surface area contributed by atoms with Gasteiger partial charge in [0.05, 0.1) is 11.8 Å². The van der Waals surface area contributed by atoms with Gasteiger partial charge in [-0.05, 0) is 0 Å². The van der Waals surface area contributed by atoms with Crippen LogP contribution in [0.2, 0.25) is 0 Å². The van der Waals surface area contributed by atoms with Crippen LogP contribution in [0.5, 0.6) is 0 Å². The molecule has 0 aliphatic rings. The quantitative estimate of drug-likeness (QED) is 0.696. The lowest BCUT2D eigenvalue weighted by atomic mass is 10.3. The molecular formula is C7H10ClN3O. The number of hydrogen-bond acceptors (Lipinski definition) is 2. The molecule has 0 aliphatic carbocycles. The van der Waals surface area contributed by atoms with Crippen molar-refractivity contribution in [1.82, 2.24) is 15.1 Å². The number of carbonyl (C=O) groups is 1. The fourth-order valence-electron chi connectivity index (χ4n) is 0.801. The lowest BCUT2D eigenvalue weighted by molar-refractivity contribution is 0.0956. The molecule has 1 N–H and O–H groups in total. The van der Waals surface area contributed by atoms with Crippen LogP contribution in [0.3, 0.4) is 0 Å². The van der Waals surface area contributed by atoms with Crippen molar-refractivity contribution >= 4 is 17.5 Å². The van der Waals surface area contributed by atoms with Gasteiger partial charge in [0, 0.05) is 25.7 Å². The number of rotatable bonds is 3. The normalized spacial score (nSPS) is 9.83. The van der Waals surface area contributed by atoms with Crippen molar-refractivity contribution in [3.05, 3.63) is 18.0 Å². The number of carbonyl (C=O) groups excluding carboxylic acids is 1. The number of nitrogens with zero attached hydrogens (tertiary/aromatic N) is 2. The van der Waals surface area contributed by atoms with Gasteiger partial charge in [0.2, 0.25) is 0 Å². The number of aromatic nitrogens is 2. The summed E-state index contributed by atoms with van der Waals surface area (Å²) in [6, 6.07) is 0. The first-order chi connectivity index (χ1) is 5.74. The van der Waals surface area contributed by atoms with Gasteiger partial charge in [-0.3, -0.25) is 9.48 Å². The van der Waals surface area contributed by atoms with Crippen LogP contribution in [0.15, 0.2) is 12.4 Å². The third kappa shape index (κ3) is 2.23. The molecule has 12 heavy (non-hydrogen) atoms. The minimum Gasteiger partial charge on any atom is -0.351 e. The molecule has 4 nitrogen and oxygen atoms in total. The number of amides is 1. The molecule has 0 aliphatic heterocycles. The Morgan fingerprint density at radius 2 is 2.58 bits per heavy atom. The van der Waals surface area contributed by atoms with Crippen molar-refractivity contribution in [3.8, 4) is 0 Å². The Kier molecular flexibility index (Phi) is 3.10. The molecule has 0 saturated heterocycles. The number of hydrogen-bond donors (Lipinski definition) is 1. The highest BCUT2D eigenvalue weighted by Crippen LogP contribution is 1.94. The van der Waals surface area contributed by atoms with E-state index >= 15 is 0 Å². The van der Waals surface area contributed by atoms with E-state index in [1.165, 1.54) is 6.20 Å². The van der Waals surface area contributed by atoms with Crippen molar-refractivity contribution in [2.75, 3.05) is 12.4 Å². The largest absolute Gasteiger partial charge is 0.351 e. The number of aryl methyl sites for hydroxylation is 1. The second kappa shape index (κ2) is 4.11. The first-order valence-electron chi connectivity index (χ1n) is 3.57. The molecule has 66 valence electrons. The van der Waals surface area contributed by atoms with Gasteiger partial charge in [0.25, 0.3) is 5.91 Å². The molecule has 0 bridgehead atoms. The van der Waals surface area contributed by atoms with Gasteiger partial charge in [0.15, 0.2) is 0 Å². The highest BCUT2D eigenvalue weighted by Gasteiger charge is 2.05. The van der Waals surface area contributed by atoms with E-state index in [9.17, 15) is 4.79 Å². The predicted molar refractivity (Wildman–Crippen MR) is 46.3 cm³/mol. The van der Waals surface area contributed by atoms with Gasteiger partial charge in [-0.15, -0.1) is 11.6 Å². The Balaban J connectivity index is 2.53. The van der Waals surface area contributed by atoms with Crippen LogP contribution in [0, 0.1) is 0 Å². The molecule has 0 radical (unpaired) electrons. The Morgan fingerprint density at radius 3 is 3.08 bits per heavy atom. The minimum atomic E-state index is -0.135. The summed E-state index contributed by atoms with van der Waals surface area (Å²) in [5.41, 5.74) is 0.558. The van der Waals surface area contributed by atoms with Gasteiger partial charge >= 0.3 is 0 Å². The Labute approximate surface area is 75.5 Å². The van der Waals surface area contributed by atoms with E-state index in [0.717, 1.165) is 0 Å². The molecule has 0 fully saturated rings. The number of alkyl halides is 1. The van der Waals surface area contributed by atoms with E-state index < -0.39 is 0 Å². The van der Waals surface area contributed by atoms with Gasteiger partial charge in [-0.25, -0.2) is 0 Å². The Morgan fingerprint density at radius 1 is 1.83 bits per heavy atom. The highest BCUT2D eigenvalue weighted by molar-refractivity contribution is 6.18. The SMILES string of the molecule is Cn1cc(C(=O)NCCCl)cn1. The molecule has 1 aromatic heterocycles. The van der Waals surface area contributed by atoms with Crippen molar-refractivity contribution in [3.63, 3.8) is 0 Å². The standard InChI is InChI=1S/C7H10ClN3O/c1-11-5-6(4-10-11)7(12)9-3-2-8/h4-5H,2-3H2,1H3,(H,9,12). The minimum absolute atomic E-state index is 0.135. The van der Waals surface area contributed by atoms with E-state index in [4.69, 9.17) is 11.6 Å². The highest BCUT2D eigenvalue weighted by atomic mass is 35.5. The summed E-state index contributed by atoms with van der Waals surface area (Å²) in [6.45, 7) is 0.481. The average molecular weight is 188 g/mol. The summed E-state index contributed by atoms with van der Waals surface area (Å²) in [7, 11) is 1.76. The molecule has 1 aromatic rings. The van der Waals surface area contributed by atoms with Gasteiger partial charge in [-0.2, -0.15) is 5.10 Å². The molecule has 0 unspecified atom stereocenters. The maximum absolute atomic E-state index is 11.2. The molecular weight excluding hydrogens is 178 g/mol. The molecule has 1 rings (SSSR count). The average Bonchev–Trinajstić information content (AvgIpc) is 2.47. The van der Waals surface area contributed by atoms with E-state index in [1.807, 2.05) is 0 Å². The zero-order chi connectivity index (χ0) is 8.97. The molecule has 0 atom stereocenters. The summed E-state index contributed by atoms with van der Waals surface area (Å²) >= 11 is 5.40. The molecule has 0 aromatic carbocycles. The van der Waals surface area contributed by atoms with Crippen LogP contribution < -0.4 is 5.32 Å². The van der Waals surface area contributed by atoms with Crippen LogP contribution in [0.25, 0.3) is 0 Å². The second-order valence-electron chi connectivity index (χ2n) is 2.35. The van der Waals surface area contributed by atoms with Gasteiger partial charge in [0.1, 0.15) is 0 Å². The summed E-state index contributed by atoms with van der Waals surface area (Å²) in [5.74, 6) is 0.287. The molecule has 5 heteroatoms. The summed E-state index contributed by atoms with van der Waals surface area (Å²) in [4.78, 5) is 11.2. The van der Waals surface area contributed by atoms with Gasteiger partial charge < -0.3 is 5.32 Å². The maximum Gasteiger partial charge on any atom is 0.254 e. The van der Waals surface area contributed by atoms with Crippen LogP contribution in [0.4, 0.5) is 0 Å². The van der Waals surface area contributed by atoms with E-state index in [0.29, 0.717) is 18.0 Å². The zero-order valence-corrected chi connectivity index (χ0v) is 7.51. The van der Waals surface area contributed by atoms with Crippen LogP contribution in [-0.2, 0) is 7.05 Å². The third-order valence-corrected chi connectivity index (χ3v) is 1.54.